The summed E-state index contributed by atoms with van der Waals surface area (Å²) in [6, 6.07) is 36.0. The van der Waals surface area contributed by atoms with Gasteiger partial charge in [-0.1, -0.05) is 186 Å². The van der Waals surface area contributed by atoms with Crippen molar-refractivity contribution in [3.8, 4) is 0 Å². The number of benzene rings is 3. The van der Waals surface area contributed by atoms with Crippen molar-refractivity contribution in [2.75, 3.05) is 28.4 Å². The number of rotatable bonds is 0. The number of hydrogen-bond acceptors (Lipinski definition) is 4. The van der Waals surface area contributed by atoms with Crippen LogP contribution in [0, 0.1) is 0 Å². The predicted octanol–water partition coefficient (Wildman–Crippen LogP) is 9.26. The third-order valence-electron chi connectivity index (χ3n) is 2.00. The topological polar surface area (TPSA) is 80.9 Å². The summed E-state index contributed by atoms with van der Waals surface area (Å²) in [6.07, 6.45) is 1.25. The van der Waals surface area contributed by atoms with E-state index in [0.717, 1.165) is 28.4 Å². The molecule has 0 radical (unpaired) electrons. The quantitative estimate of drug-likeness (QED) is 0.234. The summed E-state index contributed by atoms with van der Waals surface area (Å²) in [5, 5.41) is 28.0. The molecule has 4 nitrogen and oxygen atoms in total. The van der Waals surface area contributed by atoms with Crippen LogP contribution in [0.2, 0.25) is 0 Å². The van der Waals surface area contributed by atoms with Crippen LogP contribution in [0.15, 0.2) is 109 Å². The minimum absolute atomic E-state index is 0. The van der Waals surface area contributed by atoms with Crippen molar-refractivity contribution in [3.05, 3.63) is 109 Å². The standard InChI is InChI=1S/3C6H6.C3H8.3C2H6.4CH4O.2CH4/c3*1-2-4-6-5-3-1;1-3-2;7*1-2;;/h3*1-6H;3H2,1-2H3;3*1-2H3;4*2H,1H3;2*1H4. The zero-order valence-corrected chi connectivity index (χ0v) is 24.9. The van der Waals surface area contributed by atoms with Gasteiger partial charge in [0.05, 0.1) is 0 Å². The molecule has 0 aromatic heterocycles. The highest BCUT2D eigenvalue weighted by Gasteiger charge is 1.59. The molecule has 4 heteroatoms. The Labute approximate surface area is 234 Å². The zero-order chi connectivity index (χ0) is 29.4. The fraction of sp³-hybridized carbons (Fsp3) is 0.455. The van der Waals surface area contributed by atoms with Gasteiger partial charge in [0.1, 0.15) is 0 Å². The Hall–Kier alpha value is -2.50. The van der Waals surface area contributed by atoms with E-state index in [1.54, 1.807) is 0 Å². The molecule has 0 aliphatic carbocycles. The molecule has 0 saturated carbocycles. The minimum Gasteiger partial charge on any atom is -0.400 e. The molecular formula is C33H68O4. The summed E-state index contributed by atoms with van der Waals surface area (Å²) in [5.41, 5.74) is 0. The smallest absolute Gasteiger partial charge is 0.0319 e. The molecule has 0 aliphatic rings. The van der Waals surface area contributed by atoms with E-state index in [1.807, 2.05) is 151 Å². The molecular weight excluding hydrogens is 460 g/mol. The van der Waals surface area contributed by atoms with Gasteiger partial charge in [-0.15, -0.1) is 0 Å². The minimum atomic E-state index is 0. The Balaban J connectivity index is -0.0000000283. The molecule has 0 unspecified atom stereocenters. The van der Waals surface area contributed by atoms with Crippen LogP contribution in [0.25, 0.3) is 0 Å². The molecule has 0 aliphatic heterocycles. The van der Waals surface area contributed by atoms with Crippen molar-refractivity contribution in [3.63, 3.8) is 0 Å². The van der Waals surface area contributed by atoms with Gasteiger partial charge in [0, 0.05) is 28.4 Å². The van der Waals surface area contributed by atoms with Crippen LogP contribution in [0.1, 0.15) is 76.7 Å². The molecule has 3 aromatic rings. The van der Waals surface area contributed by atoms with Crippen molar-refractivity contribution in [1.82, 2.24) is 0 Å². The highest BCUT2D eigenvalue weighted by atomic mass is 16.2. The first kappa shape index (κ1) is 64.5. The van der Waals surface area contributed by atoms with E-state index < -0.39 is 0 Å². The summed E-state index contributed by atoms with van der Waals surface area (Å²) in [4.78, 5) is 0. The van der Waals surface area contributed by atoms with Gasteiger partial charge >= 0.3 is 0 Å². The second-order valence-electron chi connectivity index (χ2n) is 4.17. The van der Waals surface area contributed by atoms with E-state index in [4.69, 9.17) is 20.4 Å². The molecule has 0 fully saturated rings. The summed E-state index contributed by atoms with van der Waals surface area (Å²) in [7, 11) is 4.00. The van der Waals surface area contributed by atoms with Gasteiger partial charge in [0.25, 0.3) is 0 Å². The number of aliphatic hydroxyl groups is 4. The molecule has 0 bridgehead atoms. The van der Waals surface area contributed by atoms with Crippen LogP contribution in [-0.4, -0.2) is 48.9 Å². The third kappa shape index (κ3) is 138. The van der Waals surface area contributed by atoms with Crippen LogP contribution in [-0.2, 0) is 0 Å². The van der Waals surface area contributed by atoms with Crippen molar-refractivity contribution in [2.45, 2.75) is 76.7 Å². The predicted molar refractivity (Wildman–Crippen MR) is 175 cm³/mol. The maximum absolute atomic E-state index is 7.00. The van der Waals surface area contributed by atoms with Gasteiger partial charge in [-0.3, -0.25) is 0 Å². The maximum atomic E-state index is 7.00. The van der Waals surface area contributed by atoms with E-state index in [2.05, 4.69) is 13.8 Å². The molecule has 224 valence electrons. The van der Waals surface area contributed by atoms with Crippen LogP contribution < -0.4 is 0 Å². The van der Waals surface area contributed by atoms with Crippen molar-refractivity contribution in [2.24, 2.45) is 0 Å². The molecule has 0 heterocycles. The summed E-state index contributed by atoms with van der Waals surface area (Å²) in [6.45, 7) is 16.2. The lowest BCUT2D eigenvalue weighted by atomic mass is 10.4. The monoisotopic (exact) mass is 529 g/mol. The Morgan fingerprint density at radius 3 is 0.324 bits per heavy atom. The molecule has 37 heavy (non-hydrogen) atoms. The van der Waals surface area contributed by atoms with Crippen molar-refractivity contribution in [1.29, 1.82) is 0 Å². The second kappa shape index (κ2) is 130. The molecule has 0 atom stereocenters. The maximum Gasteiger partial charge on any atom is 0.0319 e. The average Bonchev–Trinajstić information content (AvgIpc) is 3.04. The van der Waals surface area contributed by atoms with E-state index in [9.17, 15) is 0 Å². The van der Waals surface area contributed by atoms with Crippen LogP contribution >= 0.6 is 0 Å². The molecule has 0 saturated heterocycles. The highest BCUT2D eigenvalue weighted by Crippen LogP contribution is 1.81. The highest BCUT2D eigenvalue weighted by molar-refractivity contribution is 5.00. The third-order valence-corrected chi connectivity index (χ3v) is 2.00. The van der Waals surface area contributed by atoms with Gasteiger partial charge in [0.15, 0.2) is 0 Å². The second-order valence-corrected chi connectivity index (χ2v) is 4.17. The van der Waals surface area contributed by atoms with Gasteiger partial charge in [-0.05, 0) is 0 Å². The average molecular weight is 529 g/mol. The summed E-state index contributed by atoms with van der Waals surface area (Å²) in [5.74, 6) is 0. The van der Waals surface area contributed by atoms with Gasteiger partial charge in [-0.25, -0.2) is 0 Å². The molecule has 3 aromatic carbocycles. The fourth-order valence-electron chi connectivity index (χ4n) is 1.15. The van der Waals surface area contributed by atoms with Crippen LogP contribution in [0.5, 0.6) is 0 Å². The van der Waals surface area contributed by atoms with E-state index >= 15 is 0 Å². The molecule has 4 N–H and O–H groups in total. The number of hydrogen-bond donors (Lipinski definition) is 4. The lowest BCUT2D eigenvalue weighted by molar-refractivity contribution is 0.399. The van der Waals surface area contributed by atoms with Crippen LogP contribution in [0.4, 0.5) is 0 Å². The first-order valence-electron chi connectivity index (χ1n) is 12.2. The summed E-state index contributed by atoms with van der Waals surface area (Å²) < 4.78 is 0. The van der Waals surface area contributed by atoms with Gasteiger partial charge < -0.3 is 20.4 Å². The van der Waals surface area contributed by atoms with Crippen LogP contribution in [0.3, 0.4) is 0 Å². The van der Waals surface area contributed by atoms with Crippen molar-refractivity contribution < 1.29 is 20.4 Å². The SMILES string of the molecule is C.C.CC.CC.CC.CCC.CO.CO.CO.CO.c1ccccc1.c1ccccc1.c1ccccc1. The first-order valence-corrected chi connectivity index (χ1v) is 12.2. The van der Waals surface area contributed by atoms with Gasteiger partial charge in [-0.2, -0.15) is 0 Å². The van der Waals surface area contributed by atoms with Gasteiger partial charge in [0.2, 0.25) is 0 Å². The largest absolute Gasteiger partial charge is 0.400 e. The molecule has 0 spiro atoms. The Bertz CT molecular complexity index is 323. The van der Waals surface area contributed by atoms with Crippen molar-refractivity contribution >= 4 is 0 Å². The normalized spacial score (nSPS) is 5.51. The van der Waals surface area contributed by atoms with E-state index in [-0.39, 0.29) is 14.9 Å². The first-order chi connectivity index (χ1) is 17.4. The van der Waals surface area contributed by atoms with E-state index in [1.165, 1.54) is 6.42 Å². The molecule has 3 rings (SSSR count). The Morgan fingerprint density at radius 2 is 0.297 bits per heavy atom. The lowest BCUT2D eigenvalue weighted by Crippen LogP contribution is -1.47. The molecule has 0 amide bonds. The lowest BCUT2D eigenvalue weighted by Gasteiger charge is -1.69. The summed E-state index contributed by atoms with van der Waals surface area (Å²) >= 11 is 0. The Kier molecular flexibility index (Phi) is 227. The van der Waals surface area contributed by atoms with E-state index in [0.29, 0.717) is 0 Å². The zero-order valence-electron chi connectivity index (χ0n) is 24.9. The fourth-order valence-corrected chi connectivity index (χ4v) is 1.15. The number of aliphatic hydroxyl groups excluding tert-OH is 4. The Morgan fingerprint density at radius 1 is 0.270 bits per heavy atom.